The van der Waals surface area contributed by atoms with E-state index in [4.69, 9.17) is 4.42 Å². The lowest BCUT2D eigenvalue weighted by atomic mass is 10.2. The molecule has 1 aromatic carbocycles. The van der Waals surface area contributed by atoms with Crippen molar-refractivity contribution >= 4 is 40.7 Å². The first-order valence-electron chi connectivity index (χ1n) is 6.39. The van der Waals surface area contributed by atoms with Crippen LogP contribution in [-0.2, 0) is 4.79 Å². The van der Waals surface area contributed by atoms with Gasteiger partial charge in [0.1, 0.15) is 5.58 Å². The monoisotopic (exact) mass is 290 g/mol. The van der Waals surface area contributed by atoms with Gasteiger partial charge in [0.25, 0.3) is 5.91 Å². The quantitative estimate of drug-likeness (QED) is 0.880. The molecule has 0 bridgehead atoms. The molecule has 1 N–H and O–H groups in total. The number of nitrogens with zero attached hydrogens (tertiary/aromatic N) is 1. The predicted molar refractivity (Wildman–Crippen MR) is 79.1 cm³/mol. The molecule has 104 valence electrons. The van der Waals surface area contributed by atoms with Gasteiger partial charge in [0, 0.05) is 35.7 Å². The number of rotatable bonds is 3. The number of fused-ring (bicyclic) bond motifs is 1. The number of furan rings is 1. The Balaban J connectivity index is 1.87. The van der Waals surface area contributed by atoms with Crippen LogP contribution in [-0.4, -0.2) is 41.8 Å². The van der Waals surface area contributed by atoms with Crippen LogP contribution in [0, 0.1) is 0 Å². The summed E-state index contributed by atoms with van der Waals surface area (Å²) in [5.41, 5.74) is 1.33. The lowest BCUT2D eigenvalue weighted by Gasteiger charge is -2.25. The molecular weight excluding hydrogens is 276 g/mol. The SMILES string of the molecule is O=CNc1ccc2oc(C(=O)N3CCSCC3)cc2c1. The van der Waals surface area contributed by atoms with E-state index >= 15 is 0 Å². The topological polar surface area (TPSA) is 62.6 Å². The minimum atomic E-state index is -0.0635. The molecule has 6 heteroatoms. The van der Waals surface area contributed by atoms with Crippen LogP contribution < -0.4 is 5.32 Å². The number of benzene rings is 1. The summed E-state index contributed by atoms with van der Waals surface area (Å²) in [5.74, 6) is 2.24. The molecule has 0 saturated carbocycles. The summed E-state index contributed by atoms with van der Waals surface area (Å²) in [6.07, 6.45) is 0.624. The summed E-state index contributed by atoms with van der Waals surface area (Å²) in [6.45, 7) is 1.52. The largest absolute Gasteiger partial charge is 0.451 e. The highest BCUT2D eigenvalue weighted by Gasteiger charge is 2.21. The molecule has 0 radical (unpaired) electrons. The van der Waals surface area contributed by atoms with E-state index in [0.717, 1.165) is 30.0 Å². The van der Waals surface area contributed by atoms with Crippen LogP contribution >= 0.6 is 11.8 Å². The third-order valence-electron chi connectivity index (χ3n) is 3.25. The van der Waals surface area contributed by atoms with Crippen LogP contribution in [0.2, 0.25) is 0 Å². The van der Waals surface area contributed by atoms with E-state index in [1.54, 1.807) is 24.3 Å². The standard InChI is InChI=1S/C14H14N2O3S/c17-9-15-11-1-2-12-10(7-11)8-13(19-12)14(18)16-3-5-20-6-4-16/h1-2,7-9H,3-6H2,(H,15,17). The van der Waals surface area contributed by atoms with Crippen molar-refractivity contribution < 1.29 is 14.0 Å². The van der Waals surface area contributed by atoms with Gasteiger partial charge in [-0.05, 0) is 24.3 Å². The maximum atomic E-state index is 12.3. The first kappa shape index (κ1) is 13.1. The smallest absolute Gasteiger partial charge is 0.289 e. The van der Waals surface area contributed by atoms with E-state index in [-0.39, 0.29) is 5.91 Å². The molecule has 2 aromatic rings. The van der Waals surface area contributed by atoms with Gasteiger partial charge in [-0.1, -0.05) is 0 Å². The number of thioether (sulfide) groups is 1. The van der Waals surface area contributed by atoms with E-state index < -0.39 is 0 Å². The van der Waals surface area contributed by atoms with Crippen LogP contribution in [0.4, 0.5) is 5.69 Å². The third kappa shape index (κ3) is 2.51. The van der Waals surface area contributed by atoms with E-state index in [9.17, 15) is 9.59 Å². The van der Waals surface area contributed by atoms with Gasteiger partial charge in [-0.25, -0.2) is 0 Å². The number of carbonyl (C=O) groups excluding carboxylic acids is 2. The van der Waals surface area contributed by atoms with Gasteiger partial charge in [0.2, 0.25) is 6.41 Å². The normalized spacial score (nSPS) is 15.3. The summed E-state index contributed by atoms with van der Waals surface area (Å²) >= 11 is 1.86. The number of carbonyl (C=O) groups is 2. The van der Waals surface area contributed by atoms with Gasteiger partial charge < -0.3 is 14.6 Å². The van der Waals surface area contributed by atoms with Crippen LogP contribution in [0.1, 0.15) is 10.6 Å². The average Bonchev–Trinajstić information content (AvgIpc) is 2.91. The Morgan fingerprint density at radius 2 is 2.10 bits per heavy atom. The fraction of sp³-hybridized carbons (Fsp3) is 0.286. The maximum absolute atomic E-state index is 12.3. The van der Waals surface area contributed by atoms with Gasteiger partial charge in [-0.3, -0.25) is 9.59 Å². The molecule has 2 amide bonds. The van der Waals surface area contributed by atoms with Crippen molar-refractivity contribution in [2.45, 2.75) is 0 Å². The van der Waals surface area contributed by atoms with Crippen LogP contribution in [0.15, 0.2) is 28.7 Å². The van der Waals surface area contributed by atoms with Gasteiger partial charge >= 0.3 is 0 Å². The van der Waals surface area contributed by atoms with Crippen molar-refractivity contribution in [1.82, 2.24) is 4.90 Å². The molecule has 2 heterocycles. The minimum Gasteiger partial charge on any atom is -0.451 e. The molecule has 0 atom stereocenters. The van der Waals surface area contributed by atoms with Crippen molar-refractivity contribution in [3.8, 4) is 0 Å². The summed E-state index contributed by atoms with van der Waals surface area (Å²) in [6, 6.07) is 7.02. The van der Waals surface area contributed by atoms with E-state index in [1.165, 1.54) is 0 Å². The van der Waals surface area contributed by atoms with Gasteiger partial charge in [0.05, 0.1) is 0 Å². The lowest BCUT2D eigenvalue weighted by molar-refractivity contribution is -0.105. The van der Waals surface area contributed by atoms with Crippen molar-refractivity contribution in [2.75, 3.05) is 29.9 Å². The number of anilines is 1. The van der Waals surface area contributed by atoms with Crippen LogP contribution in [0.25, 0.3) is 11.0 Å². The molecule has 3 rings (SSSR count). The van der Waals surface area contributed by atoms with Crippen molar-refractivity contribution in [1.29, 1.82) is 0 Å². The molecular formula is C14H14N2O3S. The average molecular weight is 290 g/mol. The minimum absolute atomic E-state index is 0.0635. The first-order chi connectivity index (χ1) is 9.78. The van der Waals surface area contributed by atoms with Crippen LogP contribution in [0.5, 0.6) is 0 Å². The molecule has 0 spiro atoms. The Morgan fingerprint density at radius 3 is 2.85 bits per heavy atom. The zero-order valence-corrected chi connectivity index (χ0v) is 11.6. The van der Waals surface area contributed by atoms with Gasteiger partial charge in [0.15, 0.2) is 5.76 Å². The highest BCUT2D eigenvalue weighted by molar-refractivity contribution is 7.99. The van der Waals surface area contributed by atoms with Crippen molar-refractivity contribution in [3.05, 3.63) is 30.0 Å². The fourth-order valence-electron chi connectivity index (χ4n) is 2.23. The van der Waals surface area contributed by atoms with E-state index in [0.29, 0.717) is 23.4 Å². The highest BCUT2D eigenvalue weighted by Crippen LogP contribution is 2.24. The molecule has 1 aliphatic rings. The fourth-order valence-corrected chi connectivity index (χ4v) is 3.13. The van der Waals surface area contributed by atoms with Crippen molar-refractivity contribution in [2.24, 2.45) is 0 Å². The van der Waals surface area contributed by atoms with E-state index in [1.807, 2.05) is 16.7 Å². The predicted octanol–water partition coefficient (Wildman–Crippen LogP) is 2.19. The summed E-state index contributed by atoms with van der Waals surface area (Å²) in [4.78, 5) is 24.6. The number of hydrogen-bond donors (Lipinski definition) is 1. The molecule has 20 heavy (non-hydrogen) atoms. The lowest BCUT2D eigenvalue weighted by Crippen LogP contribution is -2.37. The maximum Gasteiger partial charge on any atom is 0.289 e. The number of nitrogens with one attached hydrogen (secondary N) is 1. The van der Waals surface area contributed by atoms with Crippen LogP contribution in [0.3, 0.4) is 0 Å². The third-order valence-corrected chi connectivity index (χ3v) is 4.19. The second kappa shape index (κ2) is 5.58. The highest BCUT2D eigenvalue weighted by atomic mass is 32.2. The number of amides is 2. The first-order valence-corrected chi connectivity index (χ1v) is 7.54. The summed E-state index contributed by atoms with van der Waals surface area (Å²) in [7, 11) is 0. The molecule has 5 nitrogen and oxygen atoms in total. The number of hydrogen-bond acceptors (Lipinski definition) is 4. The molecule has 0 unspecified atom stereocenters. The Morgan fingerprint density at radius 1 is 1.30 bits per heavy atom. The zero-order valence-electron chi connectivity index (χ0n) is 10.8. The zero-order chi connectivity index (χ0) is 13.9. The summed E-state index contributed by atoms with van der Waals surface area (Å²) in [5, 5.41) is 3.39. The van der Waals surface area contributed by atoms with Crippen molar-refractivity contribution in [3.63, 3.8) is 0 Å². The Hall–Kier alpha value is -1.95. The molecule has 0 aliphatic carbocycles. The Labute approximate surface area is 120 Å². The van der Waals surface area contributed by atoms with Gasteiger partial charge in [-0.2, -0.15) is 11.8 Å². The molecule has 1 saturated heterocycles. The Kier molecular flexibility index (Phi) is 3.64. The second-order valence-corrected chi connectivity index (χ2v) is 5.75. The Bertz CT molecular complexity index is 647. The molecule has 1 fully saturated rings. The second-order valence-electron chi connectivity index (χ2n) is 4.53. The van der Waals surface area contributed by atoms with Gasteiger partial charge in [-0.15, -0.1) is 0 Å². The molecule has 1 aliphatic heterocycles. The van der Waals surface area contributed by atoms with E-state index in [2.05, 4.69) is 5.32 Å². The molecule has 1 aromatic heterocycles. The summed E-state index contributed by atoms with van der Waals surface area (Å²) < 4.78 is 5.60.